The summed E-state index contributed by atoms with van der Waals surface area (Å²) < 4.78 is 0. The molecule has 0 aromatic carbocycles. The summed E-state index contributed by atoms with van der Waals surface area (Å²) >= 11 is 0. The van der Waals surface area contributed by atoms with Crippen LogP contribution in [0.4, 0.5) is 0 Å². The summed E-state index contributed by atoms with van der Waals surface area (Å²) in [6, 6.07) is 2.34. The molecule has 78 valence electrons. The minimum Gasteiger partial charge on any atom is -0.193 e. The Morgan fingerprint density at radius 3 is 2.29 bits per heavy atom. The maximum Gasteiger partial charge on any atom is 0.0946 e. The minimum absolute atomic E-state index is 0.934. The minimum atomic E-state index is 0.934. The van der Waals surface area contributed by atoms with Crippen LogP contribution in [-0.4, -0.2) is 0 Å². The summed E-state index contributed by atoms with van der Waals surface area (Å²) in [5.74, 6) is 0. The van der Waals surface area contributed by atoms with Gasteiger partial charge in [-0.3, -0.25) is 0 Å². The van der Waals surface area contributed by atoms with E-state index in [2.05, 4.69) is 32.1 Å². The zero-order chi connectivity index (χ0) is 10.8. The van der Waals surface area contributed by atoms with Gasteiger partial charge in [-0.15, -0.1) is 0 Å². The number of nitrogens with zero attached hydrogens (tertiary/aromatic N) is 1. The third kappa shape index (κ3) is 4.87. The molecule has 0 saturated carbocycles. The van der Waals surface area contributed by atoms with Crippen molar-refractivity contribution in [1.29, 1.82) is 5.26 Å². The van der Waals surface area contributed by atoms with E-state index in [9.17, 15) is 0 Å². The predicted octanol–water partition coefficient (Wildman–Crippen LogP) is 4.37. The third-order valence-corrected chi connectivity index (χ3v) is 2.21. The molecule has 0 aliphatic carbocycles. The SMILES string of the molecule is C/C=C/C/C(CCC)=C(\C#N)CCC. The van der Waals surface area contributed by atoms with Gasteiger partial charge in [0.15, 0.2) is 0 Å². The van der Waals surface area contributed by atoms with Gasteiger partial charge in [0.25, 0.3) is 0 Å². The number of hydrogen-bond donors (Lipinski definition) is 0. The first-order chi connectivity index (χ1) is 6.79. The Hall–Kier alpha value is -1.03. The van der Waals surface area contributed by atoms with Gasteiger partial charge in [-0.25, -0.2) is 0 Å². The molecule has 0 spiro atoms. The Labute approximate surface area is 88.1 Å². The molecule has 1 nitrogen and oxygen atoms in total. The second-order valence-electron chi connectivity index (χ2n) is 3.47. The van der Waals surface area contributed by atoms with Crippen molar-refractivity contribution in [3.05, 3.63) is 23.3 Å². The van der Waals surface area contributed by atoms with E-state index in [4.69, 9.17) is 5.26 Å². The van der Waals surface area contributed by atoms with Crippen LogP contribution < -0.4 is 0 Å². The molecule has 0 bridgehead atoms. The van der Waals surface area contributed by atoms with Crippen molar-refractivity contribution in [2.75, 3.05) is 0 Å². The Bertz CT molecular complexity index is 240. The predicted molar refractivity (Wildman–Crippen MR) is 61.9 cm³/mol. The van der Waals surface area contributed by atoms with Crippen molar-refractivity contribution in [3.8, 4) is 6.07 Å². The lowest BCUT2D eigenvalue weighted by Gasteiger charge is -2.06. The van der Waals surface area contributed by atoms with E-state index >= 15 is 0 Å². The smallest absolute Gasteiger partial charge is 0.0946 e. The van der Waals surface area contributed by atoms with Crippen molar-refractivity contribution in [3.63, 3.8) is 0 Å². The molecule has 0 atom stereocenters. The van der Waals surface area contributed by atoms with Crippen molar-refractivity contribution in [2.45, 2.75) is 52.9 Å². The highest BCUT2D eigenvalue weighted by atomic mass is 14.3. The van der Waals surface area contributed by atoms with Crippen LogP contribution in [0.5, 0.6) is 0 Å². The number of nitriles is 1. The van der Waals surface area contributed by atoms with E-state index in [1.165, 1.54) is 5.57 Å². The zero-order valence-electron chi connectivity index (χ0n) is 9.64. The maximum absolute atomic E-state index is 9.02. The molecule has 0 N–H and O–H groups in total. The van der Waals surface area contributed by atoms with E-state index in [0.717, 1.165) is 37.7 Å². The molecule has 0 rings (SSSR count). The molecule has 1 heteroatoms. The molecule has 0 fully saturated rings. The second kappa shape index (κ2) is 8.56. The first-order valence-corrected chi connectivity index (χ1v) is 5.52. The molecule has 0 amide bonds. The van der Waals surface area contributed by atoms with Gasteiger partial charge in [-0.1, -0.05) is 44.4 Å². The van der Waals surface area contributed by atoms with Crippen LogP contribution in [0.2, 0.25) is 0 Å². The van der Waals surface area contributed by atoms with Gasteiger partial charge in [-0.2, -0.15) is 5.26 Å². The summed E-state index contributed by atoms with van der Waals surface area (Å²) in [7, 11) is 0. The highest BCUT2D eigenvalue weighted by Gasteiger charge is 2.03. The normalized spacial score (nSPS) is 12.7. The molecule has 0 radical (unpaired) electrons. The van der Waals surface area contributed by atoms with Crippen LogP contribution in [0, 0.1) is 11.3 Å². The van der Waals surface area contributed by atoms with E-state index in [1.54, 1.807) is 0 Å². The van der Waals surface area contributed by atoms with Crippen LogP contribution >= 0.6 is 0 Å². The van der Waals surface area contributed by atoms with E-state index in [1.807, 2.05) is 6.92 Å². The van der Waals surface area contributed by atoms with E-state index < -0.39 is 0 Å². The average Bonchev–Trinajstić information content (AvgIpc) is 2.21. The van der Waals surface area contributed by atoms with E-state index in [-0.39, 0.29) is 0 Å². The summed E-state index contributed by atoms with van der Waals surface area (Å²) in [6.07, 6.45) is 9.33. The molecule has 14 heavy (non-hydrogen) atoms. The standard InChI is InChI=1S/C13H21N/c1-4-7-10-12(8-5-2)13(11-14)9-6-3/h4,7H,5-6,8-10H2,1-3H3/b7-4+,13-12-. The summed E-state index contributed by atoms with van der Waals surface area (Å²) in [4.78, 5) is 0. The Balaban J connectivity index is 4.61. The summed E-state index contributed by atoms with van der Waals surface area (Å²) in [6.45, 7) is 6.31. The van der Waals surface area contributed by atoms with Crippen LogP contribution in [0.3, 0.4) is 0 Å². The van der Waals surface area contributed by atoms with Crippen LogP contribution in [0.15, 0.2) is 23.3 Å². The van der Waals surface area contributed by atoms with Crippen molar-refractivity contribution >= 4 is 0 Å². The zero-order valence-corrected chi connectivity index (χ0v) is 9.64. The molecule has 0 unspecified atom stereocenters. The molecule has 0 aromatic heterocycles. The van der Waals surface area contributed by atoms with Crippen molar-refractivity contribution in [2.24, 2.45) is 0 Å². The first-order valence-electron chi connectivity index (χ1n) is 5.52. The lowest BCUT2D eigenvalue weighted by atomic mass is 9.98. The number of hydrogen-bond acceptors (Lipinski definition) is 1. The molecule has 0 aliphatic heterocycles. The molecule has 0 saturated heterocycles. The third-order valence-electron chi connectivity index (χ3n) is 2.21. The fraction of sp³-hybridized carbons (Fsp3) is 0.615. The highest BCUT2D eigenvalue weighted by molar-refractivity contribution is 5.29. The Kier molecular flexibility index (Phi) is 7.93. The molecular weight excluding hydrogens is 170 g/mol. The lowest BCUT2D eigenvalue weighted by molar-refractivity contribution is 0.834. The van der Waals surface area contributed by atoms with Gasteiger partial charge in [0.2, 0.25) is 0 Å². The largest absolute Gasteiger partial charge is 0.193 e. The first kappa shape index (κ1) is 13.0. The molecule has 0 heterocycles. The van der Waals surface area contributed by atoms with Gasteiger partial charge in [0.05, 0.1) is 6.07 Å². The van der Waals surface area contributed by atoms with Gasteiger partial charge >= 0.3 is 0 Å². The number of rotatable bonds is 6. The van der Waals surface area contributed by atoms with Gasteiger partial charge in [-0.05, 0) is 26.2 Å². The van der Waals surface area contributed by atoms with Gasteiger partial charge < -0.3 is 0 Å². The summed E-state index contributed by atoms with van der Waals surface area (Å²) in [5, 5.41) is 9.02. The van der Waals surface area contributed by atoms with E-state index in [0.29, 0.717) is 0 Å². The highest BCUT2D eigenvalue weighted by Crippen LogP contribution is 2.19. The second-order valence-corrected chi connectivity index (χ2v) is 3.47. The topological polar surface area (TPSA) is 23.8 Å². The molecular formula is C13H21N. The molecule has 0 aliphatic rings. The van der Waals surface area contributed by atoms with Crippen LogP contribution in [0.1, 0.15) is 52.9 Å². The molecule has 0 aromatic rings. The fourth-order valence-corrected chi connectivity index (χ4v) is 1.50. The van der Waals surface area contributed by atoms with Gasteiger partial charge in [0.1, 0.15) is 0 Å². The van der Waals surface area contributed by atoms with Crippen molar-refractivity contribution in [1.82, 2.24) is 0 Å². The lowest BCUT2D eigenvalue weighted by Crippen LogP contribution is -1.90. The average molecular weight is 191 g/mol. The maximum atomic E-state index is 9.02. The quantitative estimate of drug-likeness (QED) is 0.451. The number of allylic oxidation sites excluding steroid dienone is 4. The monoisotopic (exact) mass is 191 g/mol. The van der Waals surface area contributed by atoms with Crippen LogP contribution in [0.25, 0.3) is 0 Å². The Morgan fingerprint density at radius 1 is 1.21 bits per heavy atom. The van der Waals surface area contributed by atoms with Gasteiger partial charge in [0, 0.05) is 5.57 Å². The fourth-order valence-electron chi connectivity index (χ4n) is 1.50. The van der Waals surface area contributed by atoms with Crippen molar-refractivity contribution < 1.29 is 0 Å². The summed E-state index contributed by atoms with van der Waals surface area (Å²) in [5.41, 5.74) is 2.34. The van der Waals surface area contributed by atoms with Crippen LogP contribution in [-0.2, 0) is 0 Å². The Morgan fingerprint density at radius 2 is 1.86 bits per heavy atom.